The molecular weight excluding hydrogens is 290 g/mol. The number of pyridine rings is 1. The van der Waals surface area contributed by atoms with Gasteiger partial charge in [0.05, 0.1) is 0 Å². The van der Waals surface area contributed by atoms with Gasteiger partial charge in [-0.2, -0.15) is 0 Å². The molecular formula is C17H23N5O. The van der Waals surface area contributed by atoms with Crippen molar-refractivity contribution >= 4 is 11.7 Å². The Bertz CT molecular complexity index is 613. The summed E-state index contributed by atoms with van der Waals surface area (Å²) in [4.78, 5) is 18.0. The Morgan fingerprint density at radius 1 is 1.17 bits per heavy atom. The van der Waals surface area contributed by atoms with Crippen LogP contribution in [0.25, 0.3) is 0 Å². The molecule has 1 amide bonds. The summed E-state index contributed by atoms with van der Waals surface area (Å²) in [5.41, 5.74) is 1.51. The van der Waals surface area contributed by atoms with E-state index >= 15 is 0 Å². The molecule has 23 heavy (non-hydrogen) atoms. The highest BCUT2D eigenvalue weighted by Gasteiger charge is 2.13. The molecule has 0 bridgehead atoms. The maximum Gasteiger partial charge on any atom is 0.274 e. The molecule has 2 aromatic rings. The Labute approximate surface area is 137 Å². The van der Waals surface area contributed by atoms with Crippen LogP contribution in [-0.4, -0.2) is 46.1 Å². The highest BCUT2D eigenvalue weighted by atomic mass is 16.2. The van der Waals surface area contributed by atoms with Crippen LogP contribution in [0.1, 0.15) is 29.9 Å². The van der Waals surface area contributed by atoms with E-state index in [1.54, 1.807) is 36.5 Å². The van der Waals surface area contributed by atoms with E-state index in [9.17, 15) is 4.79 Å². The standard InChI is InChI=1S/C17H23N5O/c1-13(2)12-19-16-5-4-15(20-21-16)17(23)22(3)11-8-14-6-9-18-10-7-14/h4-7,9-10,13H,8,11-12H2,1-3H3,(H,19,21). The third kappa shape index (κ3) is 5.32. The van der Waals surface area contributed by atoms with E-state index in [2.05, 4.69) is 34.3 Å². The van der Waals surface area contributed by atoms with Crippen LogP contribution in [0, 0.1) is 5.92 Å². The number of hydrogen-bond donors (Lipinski definition) is 1. The van der Waals surface area contributed by atoms with Gasteiger partial charge in [0.1, 0.15) is 5.82 Å². The fourth-order valence-electron chi connectivity index (χ4n) is 1.99. The van der Waals surface area contributed by atoms with Crippen LogP contribution in [0.5, 0.6) is 0 Å². The van der Waals surface area contributed by atoms with E-state index in [1.165, 1.54) is 0 Å². The van der Waals surface area contributed by atoms with Crippen LogP contribution in [-0.2, 0) is 6.42 Å². The van der Waals surface area contributed by atoms with Crippen LogP contribution in [0.2, 0.25) is 0 Å². The quantitative estimate of drug-likeness (QED) is 0.849. The third-order valence-electron chi connectivity index (χ3n) is 3.41. The van der Waals surface area contributed by atoms with Gasteiger partial charge in [0.2, 0.25) is 0 Å². The summed E-state index contributed by atoms with van der Waals surface area (Å²) < 4.78 is 0. The van der Waals surface area contributed by atoms with E-state index in [-0.39, 0.29) is 5.91 Å². The summed E-state index contributed by atoms with van der Waals surface area (Å²) in [5, 5.41) is 11.3. The highest BCUT2D eigenvalue weighted by molar-refractivity contribution is 5.92. The molecule has 2 aromatic heterocycles. The van der Waals surface area contributed by atoms with E-state index in [4.69, 9.17) is 0 Å². The number of anilines is 1. The number of carbonyl (C=O) groups excluding carboxylic acids is 1. The van der Waals surface area contributed by atoms with Gasteiger partial charge in [-0.05, 0) is 42.2 Å². The minimum absolute atomic E-state index is 0.123. The van der Waals surface area contributed by atoms with Crippen LogP contribution in [0.15, 0.2) is 36.7 Å². The van der Waals surface area contributed by atoms with Gasteiger partial charge in [0, 0.05) is 32.5 Å². The van der Waals surface area contributed by atoms with Crippen molar-refractivity contribution in [3.63, 3.8) is 0 Å². The van der Waals surface area contributed by atoms with E-state index in [0.717, 1.165) is 18.5 Å². The lowest BCUT2D eigenvalue weighted by molar-refractivity contribution is 0.0789. The van der Waals surface area contributed by atoms with Gasteiger partial charge in [-0.15, -0.1) is 10.2 Å². The first-order valence-electron chi connectivity index (χ1n) is 7.78. The van der Waals surface area contributed by atoms with E-state index < -0.39 is 0 Å². The molecule has 2 heterocycles. The average Bonchev–Trinajstić information content (AvgIpc) is 2.58. The molecule has 0 radical (unpaired) electrons. The maximum absolute atomic E-state index is 12.3. The van der Waals surface area contributed by atoms with Crippen molar-refractivity contribution in [2.24, 2.45) is 5.92 Å². The molecule has 0 saturated carbocycles. The molecule has 0 aromatic carbocycles. The third-order valence-corrected chi connectivity index (χ3v) is 3.41. The molecule has 0 saturated heterocycles. The molecule has 0 aliphatic carbocycles. The van der Waals surface area contributed by atoms with Gasteiger partial charge in [0.25, 0.3) is 5.91 Å². The first kappa shape index (κ1) is 16.9. The average molecular weight is 313 g/mol. The maximum atomic E-state index is 12.3. The van der Waals surface area contributed by atoms with Crippen molar-refractivity contribution < 1.29 is 4.79 Å². The summed E-state index contributed by atoms with van der Waals surface area (Å²) in [5.74, 6) is 1.09. The van der Waals surface area contributed by atoms with E-state index in [1.807, 2.05) is 12.1 Å². The van der Waals surface area contributed by atoms with Crippen LogP contribution in [0.3, 0.4) is 0 Å². The second-order valence-corrected chi connectivity index (χ2v) is 5.91. The summed E-state index contributed by atoms with van der Waals surface area (Å²) in [6.45, 7) is 5.69. The minimum Gasteiger partial charge on any atom is -0.368 e. The molecule has 0 aliphatic rings. The summed E-state index contributed by atoms with van der Waals surface area (Å²) in [6, 6.07) is 7.40. The molecule has 0 atom stereocenters. The van der Waals surface area contributed by atoms with Crippen LogP contribution >= 0.6 is 0 Å². The minimum atomic E-state index is -0.123. The Morgan fingerprint density at radius 2 is 1.91 bits per heavy atom. The first-order chi connectivity index (χ1) is 11.1. The second-order valence-electron chi connectivity index (χ2n) is 5.91. The summed E-state index contributed by atoms with van der Waals surface area (Å²) >= 11 is 0. The topological polar surface area (TPSA) is 71.0 Å². The van der Waals surface area contributed by atoms with Gasteiger partial charge >= 0.3 is 0 Å². The number of carbonyl (C=O) groups is 1. The van der Waals surface area contributed by atoms with Crippen LogP contribution in [0.4, 0.5) is 5.82 Å². The van der Waals surface area contributed by atoms with Crippen molar-refractivity contribution in [1.82, 2.24) is 20.1 Å². The Hall–Kier alpha value is -2.50. The van der Waals surface area contributed by atoms with E-state index in [0.29, 0.717) is 24.0 Å². The number of rotatable bonds is 7. The Balaban J connectivity index is 1.88. The first-order valence-corrected chi connectivity index (χ1v) is 7.78. The fourth-order valence-corrected chi connectivity index (χ4v) is 1.99. The zero-order chi connectivity index (χ0) is 16.7. The van der Waals surface area contributed by atoms with Gasteiger partial charge in [-0.1, -0.05) is 13.8 Å². The lowest BCUT2D eigenvalue weighted by Crippen LogP contribution is -2.29. The fraction of sp³-hybridized carbons (Fsp3) is 0.412. The van der Waals surface area contributed by atoms with Gasteiger partial charge < -0.3 is 10.2 Å². The van der Waals surface area contributed by atoms with Crippen LogP contribution < -0.4 is 5.32 Å². The number of likely N-dealkylation sites (N-methyl/N-ethyl adjacent to an activating group) is 1. The van der Waals surface area contributed by atoms with Gasteiger partial charge in [-0.25, -0.2) is 0 Å². The molecule has 122 valence electrons. The summed E-state index contributed by atoms with van der Waals surface area (Å²) in [7, 11) is 1.77. The summed E-state index contributed by atoms with van der Waals surface area (Å²) in [6.07, 6.45) is 4.29. The molecule has 6 heteroatoms. The number of nitrogens with one attached hydrogen (secondary N) is 1. The monoisotopic (exact) mass is 313 g/mol. The van der Waals surface area contributed by atoms with Crippen molar-refractivity contribution in [2.75, 3.05) is 25.5 Å². The molecule has 6 nitrogen and oxygen atoms in total. The Kier molecular flexibility index (Phi) is 6.02. The molecule has 0 spiro atoms. The number of aromatic nitrogens is 3. The predicted molar refractivity (Wildman–Crippen MR) is 90.3 cm³/mol. The number of nitrogens with zero attached hydrogens (tertiary/aromatic N) is 4. The predicted octanol–water partition coefficient (Wildman–Crippen LogP) is 2.25. The normalized spacial score (nSPS) is 10.6. The number of hydrogen-bond acceptors (Lipinski definition) is 5. The molecule has 0 unspecified atom stereocenters. The van der Waals surface area contributed by atoms with Crippen molar-refractivity contribution in [1.29, 1.82) is 0 Å². The molecule has 1 N–H and O–H groups in total. The molecule has 0 aliphatic heterocycles. The molecule has 0 fully saturated rings. The van der Waals surface area contributed by atoms with Gasteiger partial charge in [0.15, 0.2) is 5.69 Å². The highest BCUT2D eigenvalue weighted by Crippen LogP contribution is 2.06. The van der Waals surface area contributed by atoms with Gasteiger partial charge in [-0.3, -0.25) is 9.78 Å². The SMILES string of the molecule is CC(C)CNc1ccc(C(=O)N(C)CCc2ccncc2)nn1. The van der Waals surface area contributed by atoms with Crippen molar-refractivity contribution in [2.45, 2.75) is 20.3 Å². The zero-order valence-corrected chi connectivity index (χ0v) is 13.9. The second kappa shape index (κ2) is 8.22. The number of amides is 1. The molecule has 2 rings (SSSR count). The largest absolute Gasteiger partial charge is 0.368 e. The Morgan fingerprint density at radius 3 is 2.52 bits per heavy atom. The smallest absolute Gasteiger partial charge is 0.274 e. The lowest BCUT2D eigenvalue weighted by Gasteiger charge is -2.16. The lowest BCUT2D eigenvalue weighted by atomic mass is 10.2. The van der Waals surface area contributed by atoms with Crippen molar-refractivity contribution in [3.05, 3.63) is 47.9 Å². The van der Waals surface area contributed by atoms with Crippen molar-refractivity contribution in [3.8, 4) is 0 Å². The zero-order valence-electron chi connectivity index (χ0n) is 13.9.